The molecular formula is C20H28N2O4S. The highest BCUT2D eigenvalue weighted by atomic mass is 32.2. The molecule has 1 aromatic heterocycles. The standard InChI is InChI=1S/C20H28N2O4S/c1-14-9-15(2)20-16(12-26-18(20)10-14)11-19(23)22(7-6-21(3)4)17-5-8-27(24,25)13-17/h9-10,12,17H,5-8,11,13H2,1-4H3/t17-/m1/s1. The van der Waals surface area contributed by atoms with Gasteiger partial charge in [-0.05, 0) is 51.6 Å². The highest BCUT2D eigenvalue weighted by molar-refractivity contribution is 7.91. The van der Waals surface area contributed by atoms with Gasteiger partial charge in [-0.15, -0.1) is 0 Å². The zero-order valence-electron chi connectivity index (χ0n) is 16.5. The van der Waals surface area contributed by atoms with E-state index in [9.17, 15) is 13.2 Å². The number of sulfone groups is 1. The van der Waals surface area contributed by atoms with E-state index in [1.807, 2.05) is 38.9 Å². The van der Waals surface area contributed by atoms with Crippen molar-refractivity contribution in [1.82, 2.24) is 9.80 Å². The van der Waals surface area contributed by atoms with Crippen LogP contribution in [0, 0.1) is 13.8 Å². The highest BCUT2D eigenvalue weighted by Crippen LogP contribution is 2.27. The van der Waals surface area contributed by atoms with Crippen LogP contribution in [-0.2, 0) is 21.1 Å². The monoisotopic (exact) mass is 392 g/mol. The summed E-state index contributed by atoms with van der Waals surface area (Å²) in [6.07, 6.45) is 2.40. The fourth-order valence-electron chi connectivity index (χ4n) is 3.86. The molecule has 1 aromatic carbocycles. The van der Waals surface area contributed by atoms with Crippen LogP contribution in [0.25, 0.3) is 11.0 Å². The van der Waals surface area contributed by atoms with Crippen LogP contribution in [-0.4, -0.2) is 68.9 Å². The van der Waals surface area contributed by atoms with E-state index in [1.165, 1.54) is 0 Å². The van der Waals surface area contributed by atoms with Crippen LogP contribution >= 0.6 is 0 Å². The summed E-state index contributed by atoms with van der Waals surface area (Å²) in [5.41, 5.74) is 3.86. The number of hydrogen-bond acceptors (Lipinski definition) is 5. The van der Waals surface area contributed by atoms with Crippen molar-refractivity contribution in [2.45, 2.75) is 32.7 Å². The van der Waals surface area contributed by atoms with Gasteiger partial charge >= 0.3 is 0 Å². The second-order valence-corrected chi connectivity index (χ2v) is 10.1. The Balaban J connectivity index is 1.84. The van der Waals surface area contributed by atoms with Gasteiger partial charge in [0.05, 0.1) is 24.2 Å². The summed E-state index contributed by atoms with van der Waals surface area (Å²) in [5, 5.41) is 0.987. The van der Waals surface area contributed by atoms with Crippen molar-refractivity contribution in [3.63, 3.8) is 0 Å². The molecule has 3 rings (SSSR count). The molecule has 1 aliphatic rings. The van der Waals surface area contributed by atoms with Crippen molar-refractivity contribution in [1.29, 1.82) is 0 Å². The number of nitrogens with zero attached hydrogens (tertiary/aromatic N) is 2. The number of fused-ring (bicyclic) bond motifs is 1. The van der Waals surface area contributed by atoms with Crippen molar-refractivity contribution in [2.75, 3.05) is 38.7 Å². The summed E-state index contributed by atoms with van der Waals surface area (Å²) in [7, 11) is 0.849. The largest absolute Gasteiger partial charge is 0.464 e. The number of likely N-dealkylation sites (N-methyl/N-ethyl adjacent to an activating group) is 1. The summed E-state index contributed by atoms with van der Waals surface area (Å²) in [6.45, 7) is 5.27. The van der Waals surface area contributed by atoms with E-state index in [4.69, 9.17) is 4.42 Å². The number of carbonyl (C=O) groups excluding carboxylic acids is 1. The smallest absolute Gasteiger partial charge is 0.227 e. The summed E-state index contributed by atoms with van der Waals surface area (Å²) < 4.78 is 29.5. The van der Waals surface area contributed by atoms with Crippen LogP contribution in [0.5, 0.6) is 0 Å². The van der Waals surface area contributed by atoms with Crippen LogP contribution in [0.1, 0.15) is 23.1 Å². The molecule has 0 N–H and O–H groups in total. The summed E-state index contributed by atoms with van der Waals surface area (Å²) in [6, 6.07) is 3.83. The van der Waals surface area contributed by atoms with Crippen molar-refractivity contribution < 1.29 is 17.6 Å². The molecule has 0 bridgehead atoms. The van der Waals surface area contributed by atoms with Gasteiger partial charge < -0.3 is 14.2 Å². The topological polar surface area (TPSA) is 70.8 Å². The molecule has 2 aromatic rings. The minimum Gasteiger partial charge on any atom is -0.464 e. The number of benzene rings is 1. The first kappa shape index (κ1) is 19.9. The summed E-state index contributed by atoms with van der Waals surface area (Å²) in [4.78, 5) is 16.9. The van der Waals surface area contributed by atoms with Crippen molar-refractivity contribution in [3.8, 4) is 0 Å². The first-order chi connectivity index (χ1) is 12.7. The Labute approximate surface area is 161 Å². The molecule has 0 radical (unpaired) electrons. The lowest BCUT2D eigenvalue weighted by atomic mass is 10.0. The lowest BCUT2D eigenvalue weighted by Crippen LogP contribution is -2.45. The fourth-order valence-corrected chi connectivity index (χ4v) is 5.59. The molecule has 0 saturated carbocycles. The maximum Gasteiger partial charge on any atom is 0.227 e. The van der Waals surface area contributed by atoms with E-state index in [2.05, 4.69) is 6.07 Å². The molecular weight excluding hydrogens is 364 g/mol. The average Bonchev–Trinajstić information content (AvgIpc) is 3.10. The van der Waals surface area contributed by atoms with Gasteiger partial charge in [0, 0.05) is 30.1 Å². The van der Waals surface area contributed by atoms with Gasteiger partial charge in [-0.3, -0.25) is 4.79 Å². The number of aryl methyl sites for hydroxylation is 2. The minimum atomic E-state index is -3.05. The zero-order chi connectivity index (χ0) is 19.8. The Morgan fingerprint density at radius 1 is 1.22 bits per heavy atom. The zero-order valence-corrected chi connectivity index (χ0v) is 17.3. The van der Waals surface area contributed by atoms with E-state index in [1.54, 1.807) is 11.2 Å². The Kier molecular flexibility index (Phi) is 5.63. The van der Waals surface area contributed by atoms with Gasteiger partial charge in [0.15, 0.2) is 9.84 Å². The van der Waals surface area contributed by atoms with E-state index in [0.717, 1.165) is 27.7 Å². The van der Waals surface area contributed by atoms with E-state index in [-0.39, 0.29) is 29.9 Å². The number of rotatable bonds is 6. The van der Waals surface area contributed by atoms with Gasteiger partial charge in [0.2, 0.25) is 5.91 Å². The van der Waals surface area contributed by atoms with E-state index >= 15 is 0 Å². The maximum absolute atomic E-state index is 13.1. The molecule has 1 atom stereocenters. The van der Waals surface area contributed by atoms with E-state index in [0.29, 0.717) is 19.5 Å². The molecule has 6 nitrogen and oxygen atoms in total. The quantitative estimate of drug-likeness (QED) is 0.753. The molecule has 0 aliphatic carbocycles. The van der Waals surface area contributed by atoms with Gasteiger partial charge in [0.1, 0.15) is 5.58 Å². The Morgan fingerprint density at radius 3 is 2.59 bits per heavy atom. The highest BCUT2D eigenvalue weighted by Gasteiger charge is 2.34. The maximum atomic E-state index is 13.1. The Morgan fingerprint density at radius 2 is 1.96 bits per heavy atom. The third-order valence-corrected chi connectivity index (χ3v) is 6.94. The van der Waals surface area contributed by atoms with Gasteiger partial charge in [0.25, 0.3) is 0 Å². The van der Waals surface area contributed by atoms with Crippen molar-refractivity contribution in [3.05, 3.63) is 35.1 Å². The average molecular weight is 393 g/mol. The Hall–Kier alpha value is -1.86. The first-order valence-electron chi connectivity index (χ1n) is 9.28. The normalized spacial score (nSPS) is 19.1. The molecule has 1 saturated heterocycles. The predicted molar refractivity (Wildman–Crippen MR) is 107 cm³/mol. The number of carbonyl (C=O) groups is 1. The number of hydrogen-bond donors (Lipinski definition) is 0. The molecule has 0 unspecified atom stereocenters. The molecule has 1 amide bonds. The molecule has 27 heavy (non-hydrogen) atoms. The van der Waals surface area contributed by atoms with Crippen LogP contribution in [0.3, 0.4) is 0 Å². The van der Waals surface area contributed by atoms with Crippen LogP contribution in [0.15, 0.2) is 22.8 Å². The predicted octanol–water partition coefficient (Wildman–Crippen LogP) is 2.17. The summed E-state index contributed by atoms with van der Waals surface area (Å²) >= 11 is 0. The van der Waals surface area contributed by atoms with Gasteiger partial charge in [-0.1, -0.05) is 6.07 Å². The Bertz CT molecular complexity index is 946. The SMILES string of the molecule is Cc1cc(C)c2c(CC(=O)N(CCN(C)C)[C@@H]3CCS(=O)(=O)C3)coc2c1. The summed E-state index contributed by atoms with van der Waals surface area (Å²) in [5.74, 6) is 0.189. The van der Waals surface area contributed by atoms with Crippen molar-refractivity contribution >= 4 is 26.7 Å². The second-order valence-electron chi connectivity index (χ2n) is 7.84. The van der Waals surface area contributed by atoms with Gasteiger partial charge in [-0.25, -0.2) is 8.42 Å². The van der Waals surface area contributed by atoms with Crippen LogP contribution in [0.2, 0.25) is 0 Å². The van der Waals surface area contributed by atoms with Crippen LogP contribution in [0.4, 0.5) is 0 Å². The third-order valence-electron chi connectivity index (χ3n) is 5.19. The second kappa shape index (κ2) is 7.64. The lowest BCUT2D eigenvalue weighted by molar-refractivity contribution is -0.132. The first-order valence-corrected chi connectivity index (χ1v) is 11.1. The molecule has 1 fully saturated rings. The minimum absolute atomic E-state index is 0.0402. The number of amides is 1. The lowest BCUT2D eigenvalue weighted by Gasteiger charge is -2.29. The van der Waals surface area contributed by atoms with Gasteiger partial charge in [-0.2, -0.15) is 0 Å². The molecule has 7 heteroatoms. The van der Waals surface area contributed by atoms with Crippen molar-refractivity contribution in [2.24, 2.45) is 0 Å². The number of furan rings is 1. The molecule has 1 aliphatic heterocycles. The van der Waals surface area contributed by atoms with Crippen LogP contribution < -0.4 is 0 Å². The fraction of sp³-hybridized carbons (Fsp3) is 0.550. The molecule has 2 heterocycles. The van der Waals surface area contributed by atoms with E-state index < -0.39 is 9.84 Å². The molecule has 148 valence electrons. The third kappa shape index (κ3) is 4.52. The molecule has 0 spiro atoms.